The van der Waals surface area contributed by atoms with Crippen molar-refractivity contribution in [1.29, 1.82) is 0 Å². The van der Waals surface area contributed by atoms with E-state index < -0.39 is 6.04 Å². The molecule has 0 spiro atoms. The number of benzene rings is 4. The summed E-state index contributed by atoms with van der Waals surface area (Å²) in [6.45, 7) is 8.80. The lowest BCUT2D eigenvalue weighted by molar-refractivity contribution is -0.152. The van der Waals surface area contributed by atoms with Crippen molar-refractivity contribution in [2.75, 3.05) is 0 Å². The summed E-state index contributed by atoms with van der Waals surface area (Å²) in [6.07, 6.45) is 0.455. The minimum atomic E-state index is -0.514. The van der Waals surface area contributed by atoms with Crippen LogP contribution >= 0.6 is 0 Å². The molecule has 4 rings (SSSR count). The van der Waals surface area contributed by atoms with Gasteiger partial charge in [0, 0.05) is 13.1 Å². The Hall–Kier alpha value is -4.20. The van der Waals surface area contributed by atoms with E-state index in [0.29, 0.717) is 25.2 Å². The van der Waals surface area contributed by atoms with Crippen molar-refractivity contribution in [2.45, 2.75) is 32.2 Å². The quantitative estimate of drug-likeness (QED) is 0.198. The van der Waals surface area contributed by atoms with Crippen LogP contribution in [-0.4, -0.2) is 16.9 Å². The molecule has 4 nitrogen and oxygen atoms in total. The second-order valence-corrected chi connectivity index (χ2v) is 8.47. The summed E-state index contributed by atoms with van der Waals surface area (Å²) < 4.78 is 5.83. The number of carbonyl (C=O) groups is 1. The van der Waals surface area contributed by atoms with Crippen LogP contribution in [0.3, 0.4) is 0 Å². The zero-order valence-electron chi connectivity index (χ0n) is 19.6. The molecular formula is C31H28N2O2. The van der Waals surface area contributed by atoms with Crippen molar-refractivity contribution in [1.82, 2.24) is 4.90 Å². The smallest absolute Gasteiger partial charge is 0.324 e. The molecule has 0 N–H and O–H groups in total. The third-order valence-corrected chi connectivity index (χ3v) is 5.86. The van der Waals surface area contributed by atoms with E-state index >= 15 is 0 Å². The summed E-state index contributed by atoms with van der Waals surface area (Å²) in [5.41, 5.74) is 4.70. The first-order valence-electron chi connectivity index (χ1n) is 11.7. The molecule has 4 aromatic carbocycles. The Bertz CT molecular complexity index is 1210. The van der Waals surface area contributed by atoms with Gasteiger partial charge in [-0.3, -0.25) is 9.69 Å². The Morgan fingerprint density at radius 1 is 0.714 bits per heavy atom. The van der Waals surface area contributed by atoms with E-state index in [1.54, 1.807) is 6.07 Å². The molecule has 0 aliphatic carbocycles. The fraction of sp³-hybridized carbons (Fsp3) is 0.161. The summed E-state index contributed by atoms with van der Waals surface area (Å²) in [6, 6.07) is 37.0. The SMILES string of the molecule is [C-]#[N+]c1cccc(C[C@H](C(=O)OCc2ccccc2)N(Cc2ccccc2)Cc2ccccc2)c1. The molecule has 0 radical (unpaired) electrons. The molecule has 0 aromatic heterocycles. The standard InChI is InChI=1S/C31H28N2O2/c1-32-29-19-11-18-28(20-29)21-30(31(34)35-24-27-16-9-4-10-17-27)33(22-25-12-5-2-6-13-25)23-26-14-7-3-8-15-26/h2-20,30H,21-24H2/t30-/m1/s1. The van der Waals surface area contributed by atoms with E-state index in [4.69, 9.17) is 11.3 Å². The average Bonchev–Trinajstić information content (AvgIpc) is 2.92. The second-order valence-electron chi connectivity index (χ2n) is 8.47. The van der Waals surface area contributed by atoms with Crippen LogP contribution in [0.2, 0.25) is 0 Å². The van der Waals surface area contributed by atoms with Gasteiger partial charge in [0.2, 0.25) is 0 Å². The number of ether oxygens (including phenoxy) is 1. The molecule has 174 valence electrons. The number of hydrogen-bond donors (Lipinski definition) is 0. The third-order valence-electron chi connectivity index (χ3n) is 5.86. The molecule has 0 saturated heterocycles. The number of nitrogens with zero attached hydrogens (tertiary/aromatic N) is 2. The predicted octanol–water partition coefficient (Wildman–Crippen LogP) is 6.59. The van der Waals surface area contributed by atoms with Gasteiger partial charge in [-0.05, 0) is 23.1 Å². The fourth-order valence-corrected chi connectivity index (χ4v) is 4.07. The maximum atomic E-state index is 13.6. The van der Waals surface area contributed by atoms with Crippen molar-refractivity contribution < 1.29 is 9.53 Å². The van der Waals surface area contributed by atoms with Crippen LogP contribution in [0.1, 0.15) is 22.3 Å². The van der Waals surface area contributed by atoms with Crippen molar-refractivity contribution in [2.24, 2.45) is 0 Å². The van der Waals surface area contributed by atoms with Crippen LogP contribution in [0.5, 0.6) is 0 Å². The Labute approximate surface area is 207 Å². The maximum absolute atomic E-state index is 13.6. The zero-order chi connectivity index (χ0) is 24.3. The molecule has 0 aliphatic rings. The van der Waals surface area contributed by atoms with Gasteiger partial charge in [0.05, 0.1) is 6.57 Å². The Morgan fingerprint density at radius 2 is 1.23 bits per heavy atom. The Morgan fingerprint density at radius 3 is 1.77 bits per heavy atom. The van der Waals surface area contributed by atoms with Crippen LogP contribution in [0, 0.1) is 6.57 Å². The highest BCUT2D eigenvalue weighted by molar-refractivity contribution is 5.76. The topological polar surface area (TPSA) is 33.9 Å². The van der Waals surface area contributed by atoms with E-state index in [0.717, 1.165) is 22.3 Å². The minimum absolute atomic E-state index is 0.225. The molecule has 35 heavy (non-hydrogen) atoms. The molecule has 4 heteroatoms. The van der Waals surface area contributed by atoms with E-state index in [1.165, 1.54) is 0 Å². The normalized spacial score (nSPS) is 11.5. The van der Waals surface area contributed by atoms with E-state index in [9.17, 15) is 4.79 Å². The lowest BCUT2D eigenvalue weighted by atomic mass is 10.0. The summed E-state index contributed by atoms with van der Waals surface area (Å²) >= 11 is 0. The summed E-state index contributed by atoms with van der Waals surface area (Å²) in [7, 11) is 0. The molecule has 0 bridgehead atoms. The van der Waals surface area contributed by atoms with E-state index in [-0.39, 0.29) is 12.6 Å². The molecule has 4 aromatic rings. The largest absolute Gasteiger partial charge is 0.460 e. The van der Waals surface area contributed by atoms with Crippen LogP contribution in [-0.2, 0) is 35.6 Å². The van der Waals surface area contributed by atoms with Crippen LogP contribution < -0.4 is 0 Å². The molecular weight excluding hydrogens is 432 g/mol. The number of esters is 1. The van der Waals surface area contributed by atoms with Gasteiger partial charge in [-0.2, -0.15) is 0 Å². The van der Waals surface area contributed by atoms with Crippen molar-refractivity contribution in [3.05, 3.63) is 149 Å². The number of rotatable bonds is 10. The van der Waals surface area contributed by atoms with E-state index in [1.807, 2.05) is 84.9 Å². The monoisotopic (exact) mass is 460 g/mol. The molecule has 0 amide bonds. The Kier molecular flexibility index (Phi) is 8.42. The first-order valence-corrected chi connectivity index (χ1v) is 11.7. The molecule has 0 fully saturated rings. The van der Waals surface area contributed by atoms with Crippen molar-refractivity contribution in [3.8, 4) is 0 Å². The van der Waals surface area contributed by atoms with Gasteiger partial charge >= 0.3 is 5.97 Å². The lowest BCUT2D eigenvalue weighted by Crippen LogP contribution is -2.43. The molecule has 0 unspecified atom stereocenters. The van der Waals surface area contributed by atoms with Gasteiger partial charge in [-0.25, -0.2) is 4.85 Å². The predicted molar refractivity (Wildman–Crippen MR) is 139 cm³/mol. The summed E-state index contributed by atoms with van der Waals surface area (Å²) in [5.74, 6) is -0.270. The highest BCUT2D eigenvalue weighted by Crippen LogP contribution is 2.21. The van der Waals surface area contributed by atoms with Gasteiger partial charge in [0.1, 0.15) is 12.6 Å². The van der Waals surface area contributed by atoms with Gasteiger partial charge in [-0.1, -0.05) is 121 Å². The molecule has 0 heterocycles. The van der Waals surface area contributed by atoms with Gasteiger partial charge < -0.3 is 4.74 Å². The highest BCUT2D eigenvalue weighted by Gasteiger charge is 2.28. The highest BCUT2D eigenvalue weighted by atomic mass is 16.5. The van der Waals surface area contributed by atoms with Crippen molar-refractivity contribution >= 4 is 11.7 Å². The van der Waals surface area contributed by atoms with Crippen molar-refractivity contribution in [3.63, 3.8) is 0 Å². The molecule has 1 atom stereocenters. The Balaban J connectivity index is 1.64. The van der Waals surface area contributed by atoms with Crippen LogP contribution in [0.25, 0.3) is 4.85 Å². The first-order chi connectivity index (χ1) is 17.2. The van der Waals surface area contributed by atoms with Gasteiger partial charge in [0.25, 0.3) is 0 Å². The maximum Gasteiger partial charge on any atom is 0.324 e. The summed E-state index contributed by atoms with van der Waals surface area (Å²) in [4.78, 5) is 19.3. The number of carbonyl (C=O) groups excluding carboxylic acids is 1. The lowest BCUT2D eigenvalue weighted by Gasteiger charge is -2.31. The van der Waals surface area contributed by atoms with Crippen LogP contribution in [0.15, 0.2) is 115 Å². The molecule has 0 aliphatic heterocycles. The second kappa shape index (κ2) is 12.3. The molecule has 0 saturated carbocycles. The first kappa shape index (κ1) is 23.9. The average molecular weight is 461 g/mol. The van der Waals surface area contributed by atoms with E-state index in [2.05, 4.69) is 34.0 Å². The zero-order valence-corrected chi connectivity index (χ0v) is 19.6. The fourth-order valence-electron chi connectivity index (χ4n) is 4.07. The third kappa shape index (κ3) is 7.14. The van der Waals surface area contributed by atoms with Gasteiger partial charge in [-0.15, -0.1) is 0 Å². The number of hydrogen-bond acceptors (Lipinski definition) is 3. The summed E-state index contributed by atoms with van der Waals surface area (Å²) in [5, 5.41) is 0. The van der Waals surface area contributed by atoms with Crippen LogP contribution in [0.4, 0.5) is 5.69 Å². The van der Waals surface area contributed by atoms with Gasteiger partial charge in [0.15, 0.2) is 5.69 Å². The minimum Gasteiger partial charge on any atom is -0.460 e.